The van der Waals surface area contributed by atoms with Gasteiger partial charge in [0.25, 0.3) is 0 Å². The zero-order valence-electron chi connectivity index (χ0n) is 8.95. The summed E-state index contributed by atoms with van der Waals surface area (Å²) in [4.78, 5) is 8.25. The molecule has 2 heterocycles. The van der Waals surface area contributed by atoms with E-state index >= 15 is 0 Å². The van der Waals surface area contributed by atoms with Crippen LogP contribution in [0.4, 0.5) is 0 Å². The van der Waals surface area contributed by atoms with E-state index in [9.17, 15) is 0 Å². The maximum absolute atomic E-state index is 8.51. The third-order valence-corrected chi connectivity index (χ3v) is 2.46. The molecule has 0 fully saturated rings. The van der Waals surface area contributed by atoms with Crippen LogP contribution in [-0.4, -0.2) is 19.7 Å². The van der Waals surface area contributed by atoms with Crippen LogP contribution in [-0.2, 0) is 6.54 Å². The minimum atomic E-state index is 0.391. The molecular formula is C11H9N5S. The molecule has 0 aliphatic rings. The maximum Gasteiger partial charge on any atom is 0.160 e. The summed E-state index contributed by atoms with van der Waals surface area (Å²) >= 11 is 5.19. The molecule has 2 aromatic rings. The Hall–Kier alpha value is -2.13. The molecule has 17 heavy (non-hydrogen) atoms. The van der Waals surface area contributed by atoms with Crippen molar-refractivity contribution < 1.29 is 0 Å². The monoisotopic (exact) mass is 243 g/mol. The summed E-state index contributed by atoms with van der Waals surface area (Å²) in [5, 5.41) is 12.7. The van der Waals surface area contributed by atoms with Gasteiger partial charge < -0.3 is 0 Å². The van der Waals surface area contributed by atoms with Crippen LogP contribution in [0, 0.1) is 16.0 Å². The minimum Gasteiger partial charge on any atom is -0.254 e. The second-order valence-corrected chi connectivity index (χ2v) is 3.70. The lowest BCUT2D eigenvalue weighted by Gasteiger charge is -2.04. The van der Waals surface area contributed by atoms with E-state index in [0.29, 0.717) is 23.4 Å². The van der Waals surface area contributed by atoms with Gasteiger partial charge in [-0.25, -0.2) is 9.97 Å². The average Bonchev–Trinajstić information content (AvgIpc) is 2.38. The fraction of sp³-hybridized carbons (Fsp3) is 0.182. The van der Waals surface area contributed by atoms with Crippen molar-refractivity contribution in [1.29, 1.82) is 5.26 Å². The minimum absolute atomic E-state index is 0.391. The van der Waals surface area contributed by atoms with E-state index in [0.717, 1.165) is 5.56 Å². The highest BCUT2D eigenvalue weighted by Gasteiger charge is 2.02. The Balaban J connectivity index is 2.32. The van der Waals surface area contributed by atoms with E-state index in [4.69, 9.17) is 17.5 Å². The summed E-state index contributed by atoms with van der Waals surface area (Å²) in [6.45, 7) is 0.505. The Kier molecular flexibility index (Phi) is 3.52. The van der Waals surface area contributed by atoms with E-state index in [1.54, 1.807) is 35.4 Å². The smallest absolute Gasteiger partial charge is 0.160 e. The Morgan fingerprint density at radius 3 is 2.76 bits per heavy atom. The van der Waals surface area contributed by atoms with Crippen LogP contribution in [0.1, 0.15) is 6.42 Å². The average molecular weight is 243 g/mol. The van der Waals surface area contributed by atoms with Gasteiger partial charge in [0, 0.05) is 18.0 Å². The van der Waals surface area contributed by atoms with Gasteiger partial charge in [-0.1, -0.05) is 12.2 Å². The van der Waals surface area contributed by atoms with E-state index < -0.39 is 0 Å². The molecule has 2 rings (SSSR count). The number of aryl methyl sites for hydroxylation is 1. The summed E-state index contributed by atoms with van der Waals surface area (Å²) in [6, 6.07) is 5.60. The van der Waals surface area contributed by atoms with Gasteiger partial charge in [-0.05, 0) is 12.1 Å². The summed E-state index contributed by atoms with van der Waals surface area (Å²) < 4.78 is 2.19. The highest BCUT2D eigenvalue weighted by molar-refractivity contribution is 7.71. The summed E-state index contributed by atoms with van der Waals surface area (Å²) in [7, 11) is 0. The molecule has 0 spiro atoms. The standard InChI is InChI=1S/C11H9N5S/c12-3-1-6-16-10(17)7-9(8-15-16)11-13-4-2-5-14-11/h2,4-5,7-8H,1,6H2. The van der Waals surface area contributed by atoms with Crippen LogP contribution in [0.25, 0.3) is 11.4 Å². The van der Waals surface area contributed by atoms with Gasteiger partial charge in [-0.2, -0.15) is 10.4 Å². The SMILES string of the molecule is N#CCCn1ncc(-c2ncccn2)cc1=S. The Bertz CT molecular complexity index is 599. The maximum atomic E-state index is 8.51. The summed E-state index contributed by atoms with van der Waals surface area (Å²) in [6.07, 6.45) is 5.38. The zero-order valence-corrected chi connectivity index (χ0v) is 9.76. The van der Waals surface area contributed by atoms with Crippen molar-refractivity contribution in [2.75, 3.05) is 0 Å². The fourth-order valence-electron chi connectivity index (χ4n) is 1.33. The quantitative estimate of drug-likeness (QED) is 0.771. The van der Waals surface area contributed by atoms with Crippen LogP contribution in [0.15, 0.2) is 30.7 Å². The number of nitriles is 1. The molecule has 0 amide bonds. The summed E-state index contributed by atoms with van der Waals surface area (Å²) in [5.41, 5.74) is 0.781. The van der Waals surface area contributed by atoms with E-state index in [-0.39, 0.29) is 0 Å². The van der Waals surface area contributed by atoms with Crippen LogP contribution in [0.3, 0.4) is 0 Å². The van der Waals surface area contributed by atoms with E-state index in [1.807, 2.05) is 0 Å². The molecule has 5 nitrogen and oxygen atoms in total. The highest BCUT2D eigenvalue weighted by Crippen LogP contribution is 2.11. The van der Waals surface area contributed by atoms with Crippen molar-refractivity contribution >= 4 is 12.2 Å². The Morgan fingerprint density at radius 1 is 1.35 bits per heavy atom. The molecule has 0 unspecified atom stereocenters. The molecular weight excluding hydrogens is 234 g/mol. The molecule has 0 aromatic carbocycles. The van der Waals surface area contributed by atoms with Gasteiger partial charge in [0.2, 0.25) is 0 Å². The van der Waals surface area contributed by atoms with Gasteiger partial charge in [-0.3, -0.25) is 4.68 Å². The van der Waals surface area contributed by atoms with Crippen LogP contribution >= 0.6 is 12.2 Å². The predicted molar refractivity (Wildman–Crippen MR) is 64.3 cm³/mol. The van der Waals surface area contributed by atoms with Gasteiger partial charge in [0.05, 0.1) is 25.2 Å². The zero-order chi connectivity index (χ0) is 12.1. The normalized spacial score (nSPS) is 9.82. The molecule has 0 aliphatic carbocycles. The van der Waals surface area contributed by atoms with Gasteiger partial charge in [-0.15, -0.1) is 0 Å². The number of nitrogens with zero attached hydrogens (tertiary/aromatic N) is 5. The lowest BCUT2D eigenvalue weighted by atomic mass is 10.3. The predicted octanol–water partition coefficient (Wildman–Crippen LogP) is 1.98. The lowest BCUT2D eigenvalue weighted by Crippen LogP contribution is -2.05. The van der Waals surface area contributed by atoms with E-state index in [2.05, 4.69) is 21.1 Å². The van der Waals surface area contributed by atoms with E-state index in [1.165, 1.54) is 0 Å². The van der Waals surface area contributed by atoms with Crippen molar-refractivity contribution in [2.24, 2.45) is 0 Å². The van der Waals surface area contributed by atoms with Crippen LogP contribution < -0.4 is 0 Å². The number of rotatable bonds is 3. The summed E-state index contributed by atoms with van der Waals surface area (Å²) in [5.74, 6) is 0.596. The third-order valence-electron chi connectivity index (χ3n) is 2.13. The van der Waals surface area contributed by atoms with Crippen LogP contribution in [0.2, 0.25) is 0 Å². The Labute approximate surface area is 103 Å². The fourth-order valence-corrected chi connectivity index (χ4v) is 1.59. The molecule has 0 atom stereocenters. The van der Waals surface area contributed by atoms with Crippen LogP contribution in [0.5, 0.6) is 0 Å². The molecule has 2 aromatic heterocycles. The van der Waals surface area contributed by atoms with Crippen molar-refractivity contribution in [1.82, 2.24) is 19.7 Å². The lowest BCUT2D eigenvalue weighted by molar-refractivity contribution is 0.602. The van der Waals surface area contributed by atoms with Crippen molar-refractivity contribution in [3.63, 3.8) is 0 Å². The number of hydrogen-bond acceptors (Lipinski definition) is 5. The topological polar surface area (TPSA) is 67.4 Å². The highest BCUT2D eigenvalue weighted by atomic mass is 32.1. The van der Waals surface area contributed by atoms with Gasteiger partial charge >= 0.3 is 0 Å². The second-order valence-electron chi connectivity index (χ2n) is 3.29. The largest absolute Gasteiger partial charge is 0.254 e. The number of aromatic nitrogens is 4. The third kappa shape index (κ3) is 2.71. The molecule has 0 saturated carbocycles. The molecule has 0 N–H and O–H groups in total. The van der Waals surface area contributed by atoms with Gasteiger partial charge in [0.15, 0.2) is 5.82 Å². The van der Waals surface area contributed by atoms with Crippen molar-refractivity contribution in [3.8, 4) is 17.5 Å². The molecule has 0 aliphatic heterocycles. The molecule has 0 radical (unpaired) electrons. The first-order valence-corrected chi connectivity index (χ1v) is 5.43. The second kappa shape index (κ2) is 5.27. The molecule has 0 bridgehead atoms. The molecule has 84 valence electrons. The van der Waals surface area contributed by atoms with Crippen molar-refractivity contribution in [2.45, 2.75) is 13.0 Å². The molecule has 0 saturated heterocycles. The number of hydrogen-bond donors (Lipinski definition) is 0. The molecule has 6 heteroatoms. The first-order valence-electron chi connectivity index (χ1n) is 5.03. The first kappa shape index (κ1) is 11.4. The Morgan fingerprint density at radius 2 is 2.12 bits per heavy atom. The van der Waals surface area contributed by atoms with Crippen molar-refractivity contribution in [3.05, 3.63) is 35.4 Å². The van der Waals surface area contributed by atoms with Gasteiger partial charge in [0.1, 0.15) is 4.64 Å². The first-order chi connectivity index (χ1) is 8.31.